The molecule has 5 rings (SSSR count). The minimum Gasteiger partial charge on any atom is -0.406 e. The first-order valence-corrected chi connectivity index (χ1v) is 12.1. The molecule has 0 radical (unpaired) electrons. The zero-order valence-corrected chi connectivity index (χ0v) is 19.6. The lowest BCUT2D eigenvalue weighted by Crippen LogP contribution is -2.48. The van der Waals surface area contributed by atoms with Crippen molar-refractivity contribution in [3.63, 3.8) is 0 Å². The van der Waals surface area contributed by atoms with E-state index in [2.05, 4.69) is 40.0 Å². The van der Waals surface area contributed by atoms with Gasteiger partial charge in [-0.05, 0) is 59.9 Å². The molecule has 0 N–H and O–H groups in total. The second-order valence-corrected chi connectivity index (χ2v) is 9.83. The molecule has 34 heavy (non-hydrogen) atoms. The molecule has 2 aliphatic rings. The number of thiophene rings is 1. The van der Waals surface area contributed by atoms with E-state index in [4.69, 9.17) is 9.47 Å². The van der Waals surface area contributed by atoms with Crippen LogP contribution >= 0.6 is 11.3 Å². The molecular formula is C26H26F3NO3S. The normalized spacial score (nSPS) is 20.3. The summed E-state index contributed by atoms with van der Waals surface area (Å²) in [5, 5.41) is 0. The first kappa shape index (κ1) is 23.4. The Labute approximate surface area is 200 Å². The molecule has 0 amide bonds. The van der Waals surface area contributed by atoms with E-state index in [1.807, 2.05) is 6.07 Å². The summed E-state index contributed by atoms with van der Waals surface area (Å²) in [7, 11) is 1.67. The first-order valence-electron chi connectivity index (χ1n) is 11.3. The van der Waals surface area contributed by atoms with Gasteiger partial charge in [0.05, 0.1) is 0 Å². The van der Waals surface area contributed by atoms with Crippen molar-refractivity contribution in [2.24, 2.45) is 0 Å². The Kier molecular flexibility index (Phi) is 6.41. The Bertz CT molecular complexity index is 1110. The molecule has 4 nitrogen and oxygen atoms in total. The van der Waals surface area contributed by atoms with Gasteiger partial charge < -0.3 is 14.2 Å². The van der Waals surface area contributed by atoms with Gasteiger partial charge in [-0.15, -0.1) is 24.5 Å². The molecule has 0 bridgehead atoms. The summed E-state index contributed by atoms with van der Waals surface area (Å²) in [5.41, 5.74) is 2.96. The summed E-state index contributed by atoms with van der Waals surface area (Å²) in [4.78, 5) is 4.68. The van der Waals surface area contributed by atoms with Crippen molar-refractivity contribution in [2.75, 3.05) is 20.2 Å². The highest BCUT2D eigenvalue weighted by atomic mass is 32.1. The molecule has 1 spiro atoms. The number of nitrogens with zero attached hydrogens (tertiary/aromatic N) is 1. The van der Waals surface area contributed by atoms with Gasteiger partial charge in [-0.3, -0.25) is 4.90 Å². The zero-order valence-electron chi connectivity index (χ0n) is 18.8. The molecule has 0 saturated carbocycles. The molecule has 3 aromatic rings. The lowest BCUT2D eigenvalue weighted by molar-refractivity contribution is -0.274. The van der Waals surface area contributed by atoms with E-state index in [0.29, 0.717) is 6.42 Å². The molecule has 1 unspecified atom stereocenters. The Morgan fingerprint density at radius 2 is 1.76 bits per heavy atom. The number of alkyl halides is 3. The van der Waals surface area contributed by atoms with Crippen LogP contribution in [0.3, 0.4) is 0 Å². The number of methoxy groups -OCH3 is 1. The average molecular weight is 490 g/mol. The van der Waals surface area contributed by atoms with Gasteiger partial charge in [0.25, 0.3) is 0 Å². The van der Waals surface area contributed by atoms with Gasteiger partial charge in [-0.2, -0.15) is 0 Å². The van der Waals surface area contributed by atoms with Crippen LogP contribution in [0.2, 0.25) is 0 Å². The minimum atomic E-state index is -4.70. The number of ether oxygens (including phenoxy) is 3. The van der Waals surface area contributed by atoms with Gasteiger partial charge in [-0.25, -0.2) is 0 Å². The van der Waals surface area contributed by atoms with E-state index in [-0.39, 0.29) is 12.0 Å². The Hall–Kier alpha value is -2.39. The van der Waals surface area contributed by atoms with E-state index < -0.39 is 12.0 Å². The summed E-state index contributed by atoms with van der Waals surface area (Å²) in [6.07, 6.45) is -2.61. The first-order chi connectivity index (χ1) is 16.3. The molecule has 1 aromatic heterocycles. The van der Waals surface area contributed by atoms with Crippen molar-refractivity contribution in [3.05, 3.63) is 76.7 Å². The van der Waals surface area contributed by atoms with Crippen LogP contribution in [0.5, 0.6) is 5.75 Å². The molecule has 0 aliphatic carbocycles. The number of halogens is 3. The van der Waals surface area contributed by atoms with Crippen LogP contribution in [-0.2, 0) is 28.0 Å². The summed E-state index contributed by atoms with van der Waals surface area (Å²) in [5.74, 6) is -0.220. The Morgan fingerprint density at radius 1 is 1.06 bits per heavy atom. The molecule has 8 heteroatoms. The Morgan fingerprint density at radius 3 is 2.41 bits per heavy atom. The third-order valence-electron chi connectivity index (χ3n) is 6.51. The zero-order chi connectivity index (χ0) is 23.8. The van der Waals surface area contributed by atoms with Gasteiger partial charge >= 0.3 is 6.36 Å². The van der Waals surface area contributed by atoms with Crippen LogP contribution in [0.4, 0.5) is 13.2 Å². The molecule has 2 aromatic carbocycles. The largest absolute Gasteiger partial charge is 0.573 e. The fourth-order valence-electron chi connectivity index (χ4n) is 4.85. The van der Waals surface area contributed by atoms with Crippen LogP contribution in [0, 0.1) is 0 Å². The number of rotatable bonds is 5. The number of hydrogen-bond donors (Lipinski definition) is 0. The third kappa shape index (κ3) is 5.00. The van der Waals surface area contributed by atoms with Gasteiger partial charge in [0.15, 0.2) is 6.29 Å². The summed E-state index contributed by atoms with van der Waals surface area (Å²) >= 11 is 1.67. The van der Waals surface area contributed by atoms with Gasteiger partial charge in [-0.1, -0.05) is 30.3 Å². The van der Waals surface area contributed by atoms with E-state index in [1.165, 1.54) is 28.1 Å². The van der Waals surface area contributed by atoms with Gasteiger partial charge in [0.1, 0.15) is 11.4 Å². The topological polar surface area (TPSA) is 30.9 Å². The van der Waals surface area contributed by atoms with E-state index in [9.17, 15) is 13.2 Å². The predicted molar refractivity (Wildman–Crippen MR) is 125 cm³/mol. The molecule has 2 aliphatic heterocycles. The fourth-order valence-corrected chi connectivity index (χ4v) is 6.23. The summed E-state index contributed by atoms with van der Waals surface area (Å²) in [6, 6.07) is 18.6. The molecule has 180 valence electrons. The Balaban J connectivity index is 1.36. The number of likely N-dealkylation sites (tertiary alicyclic amines) is 1. The maximum Gasteiger partial charge on any atom is 0.573 e. The number of hydrogen-bond acceptors (Lipinski definition) is 5. The van der Waals surface area contributed by atoms with Gasteiger partial charge in [0.2, 0.25) is 0 Å². The fraction of sp³-hybridized carbons (Fsp3) is 0.385. The second-order valence-electron chi connectivity index (χ2n) is 8.78. The van der Waals surface area contributed by atoms with E-state index in [0.717, 1.165) is 42.9 Å². The van der Waals surface area contributed by atoms with E-state index >= 15 is 0 Å². The molecular weight excluding hydrogens is 463 g/mol. The van der Waals surface area contributed by atoms with Gasteiger partial charge in [0, 0.05) is 42.9 Å². The highest BCUT2D eigenvalue weighted by Gasteiger charge is 2.45. The van der Waals surface area contributed by atoms with Crippen LogP contribution in [0.15, 0.2) is 60.7 Å². The average Bonchev–Trinajstić information content (AvgIpc) is 3.26. The SMILES string of the molecule is COC1Cc2cc(-c3ccc(OC(F)(F)F)cc3)sc2C2(CCN(Cc3ccccc3)CC2)O1. The number of benzene rings is 2. The molecule has 1 fully saturated rings. The summed E-state index contributed by atoms with van der Waals surface area (Å²) in [6.45, 7) is 2.75. The van der Waals surface area contributed by atoms with Crippen LogP contribution in [0.1, 0.15) is 28.8 Å². The van der Waals surface area contributed by atoms with Crippen molar-refractivity contribution in [2.45, 2.75) is 44.1 Å². The highest BCUT2D eigenvalue weighted by molar-refractivity contribution is 7.15. The summed E-state index contributed by atoms with van der Waals surface area (Å²) < 4.78 is 53.6. The maximum atomic E-state index is 12.5. The quantitative estimate of drug-likeness (QED) is 0.418. The lowest BCUT2D eigenvalue weighted by Gasteiger charge is -2.45. The van der Waals surface area contributed by atoms with Crippen molar-refractivity contribution in [1.29, 1.82) is 0 Å². The van der Waals surface area contributed by atoms with Crippen molar-refractivity contribution in [3.8, 4) is 16.2 Å². The van der Waals surface area contributed by atoms with Crippen LogP contribution in [0.25, 0.3) is 10.4 Å². The smallest absolute Gasteiger partial charge is 0.406 e. The molecule has 1 atom stereocenters. The molecule has 3 heterocycles. The second kappa shape index (κ2) is 9.34. The third-order valence-corrected chi connectivity index (χ3v) is 7.93. The number of piperidine rings is 1. The number of fused-ring (bicyclic) bond motifs is 2. The van der Waals surface area contributed by atoms with Crippen LogP contribution < -0.4 is 4.74 Å². The van der Waals surface area contributed by atoms with Crippen molar-refractivity contribution >= 4 is 11.3 Å². The highest BCUT2D eigenvalue weighted by Crippen LogP contribution is 2.49. The predicted octanol–water partition coefficient (Wildman–Crippen LogP) is 6.35. The molecule has 1 saturated heterocycles. The van der Waals surface area contributed by atoms with E-state index in [1.54, 1.807) is 30.6 Å². The van der Waals surface area contributed by atoms with Crippen LogP contribution in [-0.4, -0.2) is 37.8 Å². The maximum absolute atomic E-state index is 12.5. The van der Waals surface area contributed by atoms with Crippen molar-refractivity contribution in [1.82, 2.24) is 4.90 Å². The minimum absolute atomic E-state index is 0.220. The lowest BCUT2D eigenvalue weighted by atomic mass is 9.84. The standard InChI is InChI=1S/C26H26F3NO3S/c1-31-23-16-20-15-22(19-7-9-21(10-8-19)32-26(27,28)29)34-24(20)25(33-23)11-13-30(14-12-25)17-18-5-3-2-4-6-18/h2-10,15,23H,11-14,16-17H2,1H3. The monoisotopic (exact) mass is 489 g/mol. The van der Waals surface area contributed by atoms with Crippen molar-refractivity contribution < 1.29 is 27.4 Å².